The van der Waals surface area contributed by atoms with Gasteiger partial charge in [0.25, 0.3) is 5.91 Å². The topological polar surface area (TPSA) is 32.8 Å². The van der Waals surface area contributed by atoms with Crippen LogP contribution in [-0.4, -0.2) is 43.6 Å². The Morgan fingerprint density at radius 1 is 1.00 bits per heavy atom. The molecule has 0 aliphatic carbocycles. The third-order valence-electron chi connectivity index (χ3n) is 5.92. The zero-order valence-corrected chi connectivity index (χ0v) is 21.3. The summed E-state index contributed by atoms with van der Waals surface area (Å²) in [6.07, 6.45) is -4.38. The van der Waals surface area contributed by atoms with Crippen molar-refractivity contribution in [3.05, 3.63) is 88.4 Å². The zero-order valence-electron chi connectivity index (χ0n) is 19.7. The fraction of sp³-hybridized carbons (Fsp3) is 0.296. The largest absolute Gasteiger partial charge is 0.494 e. The highest BCUT2D eigenvalue weighted by atomic mass is 35.5. The van der Waals surface area contributed by atoms with Gasteiger partial charge in [0.2, 0.25) is 0 Å². The molecule has 1 amide bonds. The number of alkyl halides is 3. The van der Waals surface area contributed by atoms with Crippen LogP contribution >= 0.6 is 23.4 Å². The highest BCUT2D eigenvalue weighted by Crippen LogP contribution is 2.33. The molecule has 3 aromatic rings. The van der Waals surface area contributed by atoms with Gasteiger partial charge in [0, 0.05) is 58.7 Å². The molecular formula is C27H26ClF3N2O2S. The van der Waals surface area contributed by atoms with E-state index in [0.717, 1.165) is 28.3 Å². The fourth-order valence-corrected chi connectivity index (χ4v) is 5.05. The van der Waals surface area contributed by atoms with Gasteiger partial charge in [-0.2, -0.15) is 13.2 Å². The van der Waals surface area contributed by atoms with E-state index in [4.69, 9.17) is 16.3 Å². The summed E-state index contributed by atoms with van der Waals surface area (Å²) in [5.41, 5.74) is 1.33. The lowest BCUT2D eigenvalue weighted by Gasteiger charge is -2.36. The van der Waals surface area contributed by atoms with Crippen LogP contribution in [0.1, 0.15) is 28.4 Å². The molecule has 0 unspecified atom stereocenters. The van der Waals surface area contributed by atoms with Crippen LogP contribution in [0.25, 0.3) is 0 Å². The number of anilines is 1. The van der Waals surface area contributed by atoms with Crippen molar-refractivity contribution in [3.63, 3.8) is 0 Å². The number of piperazine rings is 1. The first-order chi connectivity index (χ1) is 17.2. The number of rotatable bonds is 7. The molecular weight excluding hydrogens is 509 g/mol. The number of carbonyl (C=O) groups is 1. The van der Waals surface area contributed by atoms with E-state index < -0.39 is 11.7 Å². The number of thioether (sulfide) groups is 1. The predicted molar refractivity (Wildman–Crippen MR) is 138 cm³/mol. The third kappa shape index (κ3) is 6.48. The SMILES string of the molecule is CCOc1ccc(C(=O)N2CCN(c3cccc(C(F)(F)F)c3)CC2)cc1CSc1ccc(Cl)cc1. The number of ether oxygens (including phenoxy) is 1. The van der Waals surface area contributed by atoms with Gasteiger partial charge in [0.05, 0.1) is 12.2 Å². The fourth-order valence-electron chi connectivity index (χ4n) is 4.04. The van der Waals surface area contributed by atoms with Crippen LogP contribution in [0.15, 0.2) is 71.6 Å². The Hall–Kier alpha value is -2.84. The van der Waals surface area contributed by atoms with Gasteiger partial charge < -0.3 is 14.5 Å². The Labute approximate surface area is 218 Å². The van der Waals surface area contributed by atoms with E-state index in [9.17, 15) is 18.0 Å². The van der Waals surface area contributed by atoms with Crippen LogP contribution < -0.4 is 9.64 Å². The van der Waals surface area contributed by atoms with Crippen molar-refractivity contribution in [1.82, 2.24) is 4.90 Å². The van der Waals surface area contributed by atoms with E-state index in [2.05, 4.69) is 0 Å². The summed E-state index contributed by atoms with van der Waals surface area (Å²) in [5, 5.41) is 0.676. The molecule has 9 heteroatoms. The van der Waals surface area contributed by atoms with Crippen molar-refractivity contribution in [2.45, 2.75) is 23.7 Å². The summed E-state index contributed by atoms with van der Waals surface area (Å²) in [4.78, 5) is 17.9. The molecule has 1 aliphatic heterocycles. The molecule has 0 bridgehead atoms. The first-order valence-corrected chi connectivity index (χ1v) is 13.0. The lowest BCUT2D eigenvalue weighted by molar-refractivity contribution is -0.137. The Kier molecular flexibility index (Phi) is 8.36. The summed E-state index contributed by atoms with van der Waals surface area (Å²) in [6.45, 7) is 4.21. The van der Waals surface area contributed by atoms with E-state index in [1.807, 2.05) is 48.2 Å². The van der Waals surface area contributed by atoms with E-state index in [1.54, 1.807) is 28.8 Å². The number of amides is 1. The Bertz CT molecular complexity index is 1200. The van der Waals surface area contributed by atoms with Crippen molar-refractivity contribution < 1.29 is 22.7 Å². The second-order valence-corrected chi connectivity index (χ2v) is 9.81. The van der Waals surface area contributed by atoms with Crippen molar-refractivity contribution in [3.8, 4) is 5.75 Å². The maximum absolute atomic E-state index is 13.3. The zero-order chi connectivity index (χ0) is 25.7. The molecule has 190 valence electrons. The molecule has 1 fully saturated rings. The van der Waals surface area contributed by atoms with Crippen molar-refractivity contribution in [2.24, 2.45) is 0 Å². The third-order valence-corrected chi connectivity index (χ3v) is 7.23. The van der Waals surface area contributed by atoms with Crippen LogP contribution in [0.3, 0.4) is 0 Å². The van der Waals surface area contributed by atoms with Crippen LogP contribution in [0, 0.1) is 0 Å². The minimum atomic E-state index is -4.38. The number of hydrogen-bond acceptors (Lipinski definition) is 4. The smallest absolute Gasteiger partial charge is 0.416 e. The maximum atomic E-state index is 13.3. The predicted octanol–water partition coefficient (Wildman–Crippen LogP) is 7.01. The van der Waals surface area contributed by atoms with Crippen molar-refractivity contribution >= 4 is 35.0 Å². The molecule has 1 saturated heterocycles. The van der Waals surface area contributed by atoms with Gasteiger partial charge in [0.1, 0.15) is 5.75 Å². The van der Waals surface area contributed by atoms with Crippen LogP contribution in [0.5, 0.6) is 5.75 Å². The second-order valence-electron chi connectivity index (χ2n) is 8.33. The van der Waals surface area contributed by atoms with Crippen molar-refractivity contribution in [2.75, 3.05) is 37.7 Å². The number of hydrogen-bond donors (Lipinski definition) is 0. The molecule has 1 heterocycles. The van der Waals surface area contributed by atoms with E-state index in [1.165, 1.54) is 6.07 Å². The molecule has 1 aliphatic rings. The van der Waals surface area contributed by atoms with Crippen LogP contribution in [-0.2, 0) is 11.9 Å². The lowest BCUT2D eigenvalue weighted by atomic mass is 10.1. The van der Waals surface area contributed by atoms with E-state index in [-0.39, 0.29) is 5.91 Å². The first kappa shape index (κ1) is 26.2. The highest BCUT2D eigenvalue weighted by molar-refractivity contribution is 7.98. The molecule has 4 rings (SSSR count). The number of nitrogens with zero attached hydrogens (tertiary/aromatic N) is 2. The number of benzene rings is 3. The molecule has 36 heavy (non-hydrogen) atoms. The summed E-state index contributed by atoms with van der Waals surface area (Å²) in [5.74, 6) is 1.27. The van der Waals surface area contributed by atoms with Crippen molar-refractivity contribution in [1.29, 1.82) is 0 Å². The van der Waals surface area contributed by atoms with Gasteiger partial charge in [-0.3, -0.25) is 4.79 Å². The van der Waals surface area contributed by atoms with Gasteiger partial charge in [-0.15, -0.1) is 11.8 Å². The number of halogens is 4. The Morgan fingerprint density at radius 3 is 2.39 bits per heavy atom. The Balaban J connectivity index is 1.43. The van der Waals surface area contributed by atoms with Gasteiger partial charge in [0.15, 0.2) is 0 Å². The standard InChI is InChI=1S/C27H26ClF3N2O2S/c1-2-35-25-11-6-19(16-20(25)18-36-24-9-7-22(28)8-10-24)26(34)33-14-12-32(13-15-33)23-5-3-4-21(17-23)27(29,30)31/h3-11,16-17H,2,12-15,18H2,1H3. The maximum Gasteiger partial charge on any atom is 0.416 e. The van der Waals surface area contributed by atoms with Crippen LogP contribution in [0.2, 0.25) is 5.02 Å². The van der Waals surface area contributed by atoms with Gasteiger partial charge in [-0.05, 0) is 67.6 Å². The monoisotopic (exact) mass is 534 g/mol. The van der Waals surface area contributed by atoms with Crippen LogP contribution in [0.4, 0.5) is 18.9 Å². The summed E-state index contributed by atoms with van der Waals surface area (Å²) >= 11 is 7.60. The minimum absolute atomic E-state index is 0.0977. The average molecular weight is 535 g/mol. The van der Waals surface area contributed by atoms with Gasteiger partial charge in [-0.25, -0.2) is 0 Å². The first-order valence-electron chi connectivity index (χ1n) is 11.6. The normalized spacial score (nSPS) is 14.1. The number of carbonyl (C=O) groups excluding carboxylic acids is 1. The van der Waals surface area contributed by atoms with E-state index in [0.29, 0.717) is 54.8 Å². The average Bonchev–Trinajstić information content (AvgIpc) is 2.88. The molecule has 0 atom stereocenters. The van der Waals surface area contributed by atoms with Gasteiger partial charge >= 0.3 is 6.18 Å². The minimum Gasteiger partial charge on any atom is -0.494 e. The van der Waals surface area contributed by atoms with E-state index >= 15 is 0 Å². The molecule has 0 radical (unpaired) electrons. The van der Waals surface area contributed by atoms with Gasteiger partial charge in [-0.1, -0.05) is 17.7 Å². The summed E-state index contributed by atoms with van der Waals surface area (Å²) in [7, 11) is 0. The lowest BCUT2D eigenvalue weighted by Crippen LogP contribution is -2.48. The molecule has 0 spiro atoms. The highest BCUT2D eigenvalue weighted by Gasteiger charge is 2.31. The molecule has 3 aromatic carbocycles. The second kappa shape index (κ2) is 11.5. The molecule has 0 aromatic heterocycles. The summed E-state index contributed by atoms with van der Waals surface area (Å²) < 4.78 is 45.0. The Morgan fingerprint density at radius 2 is 1.72 bits per heavy atom. The quantitative estimate of drug-likeness (QED) is 0.305. The molecule has 4 nitrogen and oxygen atoms in total. The molecule has 0 saturated carbocycles. The summed E-state index contributed by atoms with van der Waals surface area (Å²) in [6, 6.07) is 18.4. The molecule has 0 N–H and O–H groups in total.